The molecule has 0 heterocycles. The Bertz CT molecular complexity index is 453. The van der Waals surface area contributed by atoms with Crippen LogP contribution in [-0.2, 0) is 15.9 Å². The van der Waals surface area contributed by atoms with Crippen molar-refractivity contribution < 1.29 is 14.3 Å². The van der Waals surface area contributed by atoms with Gasteiger partial charge in [-0.05, 0) is 51.8 Å². The minimum absolute atomic E-state index is 0.508. The van der Waals surface area contributed by atoms with Gasteiger partial charge in [-0.15, -0.1) is 0 Å². The monoisotopic (exact) mass is 280 g/mol. The van der Waals surface area contributed by atoms with Crippen LogP contribution in [0.5, 0.6) is 0 Å². The standard InChI is InChI=1S/C15H24N2O3/c1-5-19-9-8-11-6-7-13(12(16)10-11)17-14(18)20-15(2,3)4/h6-7,10H,5,8-9,16H2,1-4H3,(H,17,18). The Balaban J connectivity index is 2.61. The largest absolute Gasteiger partial charge is 0.444 e. The highest BCUT2D eigenvalue weighted by molar-refractivity contribution is 5.89. The molecule has 0 atom stereocenters. The highest BCUT2D eigenvalue weighted by Crippen LogP contribution is 2.21. The van der Waals surface area contributed by atoms with Crippen molar-refractivity contribution in [3.63, 3.8) is 0 Å². The Morgan fingerprint density at radius 3 is 2.60 bits per heavy atom. The molecule has 5 nitrogen and oxygen atoms in total. The van der Waals surface area contributed by atoms with Crippen LogP contribution >= 0.6 is 0 Å². The highest BCUT2D eigenvalue weighted by atomic mass is 16.6. The third-order valence-corrected chi connectivity index (χ3v) is 2.49. The molecule has 0 aromatic heterocycles. The van der Waals surface area contributed by atoms with Crippen molar-refractivity contribution in [3.05, 3.63) is 23.8 Å². The summed E-state index contributed by atoms with van der Waals surface area (Å²) in [6.45, 7) is 8.76. The quantitative estimate of drug-likeness (QED) is 0.641. The Labute approximate surface area is 120 Å². The number of hydrogen-bond donors (Lipinski definition) is 2. The zero-order chi connectivity index (χ0) is 15.2. The van der Waals surface area contributed by atoms with E-state index < -0.39 is 11.7 Å². The number of nitrogens with two attached hydrogens (primary N) is 1. The molecule has 0 aliphatic carbocycles. The van der Waals surface area contributed by atoms with Crippen LogP contribution in [0.1, 0.15) is 33.3 Å². The molecule has 0 bridgehead atoms. The van der Waals surface area contributed by atoms with Crippen molar-refractivity contribution in [2.45, 2.75) is 39.7 Å². The van der Waals surface area contributed by atoms with Gasteiger partial charge in [-0.3, -0.25) is 5.32 Å². The maximum Gasteiger partial charge on any atom is 0.412 e. The molecular formula is C15H24N2O3. The van der Waals surface area contributed by atoms with Gasteiger partial charge in [0.2, 0.25) is 0 Å². The zero-order valence-electron chi connectivity index (χ0n) is 12.7. The lowest BCUT2D eigenvalue weighted by atomic mass is 10.1. The van der Waals surface area contributed by atoms with Gasteiger partial charge in [0.1, 0.15) is 5.60 Å². The minimum Gasteiger partial charge on any atom is -0.444 e. The van der Waals surface area contributed by atoms with Crippen LogP contribution in [0, 0.1) is 0 Å². The number of rotatable bonds is 5. The first-order valence-corrected chi connectivity index (χ1v) is 6.78. The molecule has 5 heteroatoms. The van der Waals surface area contributed by atoms with E-state index in [1.165, 1.54) is 0 Å². The second kappa shape index (κ2) is 7.14. The molecule has 0 saturated heterocycles. The lowest BCUT2D eigenvalue weighted by Gasteiger charge is -2.20. The Kier molecular flexibility index (Phi) is 5.82. The van der Waals surface area contributed by atoms with Gasteiger partial charge in [-0.2, -0.15) is 0 Å². The molecule has 1 aromatic rings. The van der Waals surface area contributed by atoms with E-state index in [1.807, 2.05) is 39.8 Å². The molecule has 0 radical (unpaired) electrons. The predicted molar refractivity (Wildman–Crippen MR) is 80.9 cm³/mol. The van der Waals surface area contributed by atoms with E-state index in [0.717, 1.165) is 12.0 Å². The van der Waals surface area contributed by atoms with Crippen molar-refractivity contribution in [2.24, 2.45) is 0 Å². The van der Waals surface area contributed by atoms with Crippen molar-refractivity contribution in [1.29, 1.82) is 0 Å². The molecule has 0 aliphatic rings. The summed E-state index contributed by atoms with van der Waals surface area (Å²) >= 11 is 0. The maximum absolute atomic E-state index is 11.7. The van der Waals surface area contributed by atoms with Crippen molar-refractivity contribution in [1.82, 2.24) is 0 Å². The van der Waals surface area contributed by atoms with Gasteiger partial charge < -0.3 is 15.2 Å². The number of carbonyl (C=O) groups is 1. The van der Waals surface area contributed by atoms with Crippen LogP contribution in [-0.4, -0.2) is 24.9 Å². The number of hydrogen-bond acceptors (Lipinski definition) is 4. The highest BCUT2D eigenvalue weighted by Gasteiger charge is 2.16. The first-order valence-electron chi connectivity index (χ1n) is 6.78. The first kappa shape index (κ1) is 16.3. The average Bonchev–Trinajstić information content (AvgIpc) is 2.30. The second-order valence-corrected chi connectivity index (χ2v) is 5.50. The third kappa shape index (κ3) is 5.93. The summed E-state index contributed by atoms with van der Waals surface area (Å²) in [5, 5.41) is 2.64. The van der Waals surface area contributed by atoms with Crippen LogP contribution < -0.4 is 11.1 Å². The molecule has 1 aromatic carbocycles. The average molecular weight is 280 g/mol. The van der Waals surface area contributed by atoms with E-state index in [2.05, 4.69) is 5.32 Å². The zero-order valence-corrected chi connectivity index (χ0v) is 12.7. The molecule has 0 spiro atoms. The summed E-state index contributed by atoms with van der Waals surface area (Å²) in [6, 6.07) is 5.54. The molecular weight excluding hydrogens is 256 g/mol. The molecule has 112 valence electrons. The lowest BCUT2D eigenvalue weighted by Crippen LogP contribution is -2.27. The van der Waals surface area contributed by atoms with Gasteiger partial charge in [0.25, 0.3) is 0 Å². The van der Waals surface area contributed by atoms with Gasteiger partial charge in [0, 0.05) is 6.61 Å². The smallest absolute Gasteiger partial charge is 0.412 e. The summed E-state index contributed by atoms with van der Waals surface area (Å²) < 4.78 is 10.5. The fraction of sp³-hybridized carbons (Fsp3) is 0.533. The number of benzene rings is 1. The Morgan fingerprint density at radius 2 is 2.05 bits per heavy atom. The first-order chi connectivity index (χ1) is 9.31. The van der Waals surface area contributed by atoms with E-state index in [9.17, 15) is 4.79 Å². The molecule has 0 saturated carbocycles. The molecule has 0 unspecified atom stereocenters. The molecule has 0 aliphatic heterocycles. The van der Waals surface area contributed by atoms with Crippen molar-refractivity contribution in [3.8, 4) is 0 Å². The number of ether oxygens (including phenoxy) is 2. The van der Waals surface area contributed by atoms with Gasteiger partial charge in [-0.25, -0.2) is 4.79 Å². The van der Waals surface area contributed by atoms with E-state index in [-0.39, 0.29) is 0 Å². The third-order valence-electron chi connectivity index (χ3n) is 2.49. The molecule has 20 heavy (non-hydrogen) atoms. The van der Waals surface area contributed by atoms with Gasteiger partial charge in [0.05, 0.1) is 18.0 Å². The van der Waals surface area contributed by atoms with Gasteiger partial charge >= 0.3 is 6.09 Å². The summed E-state index contributed by atoms with van der Waals surface area (Å²) in [5.41, 5.74) is 7.54. The second-order valence-electron chi connectivity index (χ2n) is 5.50. The predicted octanol–water partition coefficient (Wildman–Crippen LogP) is 3.19. The van der Waals surface area contributed by atoms with E-state index in [4.69, 9.17) is 15.2 Å². The van der Waals surface area contributed by atoms with Crippen LogP contribution in [0.25, 0.3) is 0 Å². The summed E-state index contributed by atoms with van der Waals surface area (Å²) in [4.78, 5) is 11.7. The maximum atomic E-state index is 11.7. The SMILES string of the molecule is CCOCCc1ccc(NC(=O)OC(C)(C)C)c(N)c1. The Morgan fingerprint density at radius 1 is 1.35 bits per heavy atom. The normalized spacial score (nSPS) is 11.2. The van der Waals surface area contributed by atoms with E-state index in [1.54, 1.807) is 6.07 Å². The van der Waals surface area contributed by atoms with Crippen LogP contribution in [0.15, 0.2) is 18.2 Å². The minimum atomic E-state index is -0.531. The van der Waals surface area contributed by atoms with Gasteiger partial charge in [-0.1, -0.05) is 6.07 Å². The Hall–Kier alpha value is -1.75. The number of amides is 1. The number of anilines is 2. The molecule has 0 fully saturated rings. The van der Waals surface area contributed by atoms with Gasteiger partial charge in [0.15, 0.2) is 0 Å². The molecule has 3 N–H and O–H groups in total. The fourth-order valence-corrected chi connectivity index (χ4v) is 1.63. The van der Waals surface area contributed by atoms with Crippen LogP contribution in [0.2, 0.25) is 0 Å². The van der Waals surface area contributed by atoms with Crippen molar-refractivity contribution in [2.75, 3.05) is 24.3 Å². The summed E-state index contributed by atoms with van der Waals surface area (Å²) in [7, 11) is 0. The van der Waals surface area contributed by atoms with Crippen LogP contribution in [0.3, 0.4) is 0 Å². The van der Waals surface area contributed by atoms with E-state index >= 15 is 0 Å². The molecule has 1 rings (SSSR count). The molecule has 1 amide bonds. The lowest BCUT2D eigenvalue weighted by molar-refractivity contribution is 0.0636. The summed E-state index contributed by atoms with van der Waals surface area (Å²) in [6.07, 6.45) is 0.288. The fourth-order valence-electron chi connectivity index (χ4n) is 1.63. The summed E-state index contributed by atoms with van der Waals surface area (Å²) in [5.74, 6) is 0. The number of nitrogens with one attached hydrogen (secondary N) is 1. The number of nitrogen functional groups attached to an aromatic ring is 1. The van der Waals surface area contributed by atoms with E-state index in [0.29, 0.717) is 24.6 Å². The van der Waals surface area contributed by atoms with Crippen LogP contribution in [0.4, 0.5) is 16.2 Å². The topological polar surface area (TPSA) is 73.6 Å². The van der Waals surface area contributed by atoms with Crippen molar-refractivity contribution >= 4 is 17.5 Å². The number of carbonyl (C=O) groups excluding carboxylic acids is 1.